The highest BCUT2D eigenvalue weighted by Crippen LogP contribution is 2.19. The summed E-state index contributed by atoms with van der Waals surface area (Å²) in [6, 6.07) is 5.22. The Morgan fingerprint density at radius 3 is 2.81 bits per heavy atom. The van der Waals surface area contributed by atoms with E-state index in [0.29, 0.717) is 17.8 Å². The summed E-state index contributed by atoms with van der Waals surface area (Å²) < 4.78 is 4.71. The molecule has 0 spiro atoms. The Balaban J connectivity index is 2.74. The van der Waals surface area contributed by atoms with Gasteiger partial charge in [0.2, 0.25) is 12.3 Å². The van der Waals surface area contributed by atoms with E-state index in [0.717, 1.165) is 5.56 Å². The molecule has 0 bridgehead atoms. The average molecular weight is 222 g/mol. The average Bonchev–Trinajstić information content (AvgIpc) is 2.23. The van der Waals surface area contributed by atoms with Gasteiger partial charge in [0.05, 0.1) is 0 Å². The molecule has 0 heterocycles. The second kappa shape index (κ2) is 5.87. The van der Waals surface area contributed by atoms with Crippen molar-refractivity contribution in [1.82, 2.24) is 0 Å². The van der Waals surface area contributed by atoms with Gasteiger partial charge in [0.15, 0.2) is 0 Å². The summed E-state index contributed by atoms with van der Waals surface area (Å²) in [6.45, 7) is 1.87. The van der Waals surface area contributed by atoms with Crippen LogP contribution >= 0.6 is 0 Å². The van der Waals surface area contributed by atoms with Gasteiger partial charge in [-0.3, -0.25) is 9.59 Å². The number of carbonyl (C=O) groups is 2. The fourth-order valence-electron chi connectivity index (χ4n) is 1.28. The maximum atomic E-state index is 11.3. The molecular formula is C11H14N2O3. The largest absolute Gasteiger partial charge is 0.375 e. The normalized spacial score (nSPS) is 9.62. The van der Waals surface area contributed by atoms with Crippen molar-refractivity contribution in [2.24, 2.45) is 0 Å². The van der Waals surface area contributed by atoms with Gasteiger partial charge in [-0.05, 0) is 30.7 Å². The van der Waals surface area contributed by atoms with Crippen LogP contribution < -0.4 is 10.6 Å². The van der Waals surface area contributed by atoms with E-state index in [1.807, 2.05) is 6.92 Å². The van der Waals surface area contributed by atoms with Gasteiger partial charge >= 0.3 is 0 Å². The topological polar surface area (TPSA) is 67.4 Å². The minimum absolute atomic E-state index is 0.0216. The third-order valence-corrected chi connectivity index (χ3v) is 2.00. The first-order chi connectivity index (χ1) is 7.67. The molecule has 0 aromatic heterocycles. The molecule has 0 radical (unpaired) electrons. The van der Waals surface area contributed by atoms with E-state index in [1.54, 1.807) is 18.2 Å². The van der Waals surface area contributed by atoms with Crippen molar-refractivity contribution in [3.8, 4) is 0 Å². The van der Waals surface area contributed by atoms with Crippen LogP contribution in [0.25, 0.3) is 0 Å². The van der Waals surface area contributed by atoms with E-state index in [4.69, 9.17) is 4.74 Å². The Hall–Kier alpha value is -1.88. The molecule has 2 N–H and O–H groups in total. The van der Waals surface area contributed by atoms with Gasteiger partial charge in [-0.15, -0.1) is 0 Å². The number of hydrogen-bond donors (Lipinski definition) is 2. The molecule has 1 aromatic rings. The zero-order valence-corrected chi connectivity index (χ0v) is 9.24. The zero-order chi connectivity index (χ0) is 12.0. The van der Waals surface area contributed by atoms with Crippen LogP contribution in [0.2, 0.25) is 0 Å². The molecule has 0 aliphatic rings. The van der Waals surface area contributed by atoms with Crippen molar-refractivity contribution in [2.75, 3.05) is 24.4 Å². The van der Waals surface area contributed by atoms with Crippen LogP contribution in [0.1, 0.15) is 5.56 Å². The first kappa shape index (κ1) is 12.2. The monoisotopic (exact) mass is 222 g/mol. The molecule has 0 saturated carbocycles. The van der Waals surface area contributed by atoms with Crippen molar-refractivity contribution in [3.63, 3.8) is 0 Å². The number of ether oxygens (including phenoxy) is 1. The first-order valence-corrected chi connectivity index (χ1v) is 4.77. The molecular weight excluding hydrogens is 208 g/mol. The molecule has 0 unspecified atom stereocenters. The van der Waals surface area contributed by atoms with Crippen LogP contribution in [0.3, 0.4) is 0 Å². The number of amides is 2. The lowest BCUT2D eigenvalue weighted by molar-refractivity contribution is -0.119. The van der Waals surface area contributed by atoms with Gasteiger partial charge in [-0.25, -0.2) is 0 Å². The summed E-state index contributed by atoms with van der Waals surface area (Å²) in [6.07, 6.45) is 0.609. The number of rotatable bonds is 5. The number of hydrogen-bond acceptors (Lipinski definition) is 3. The van der Waals surface area contributed by atoms with Gasteiger partial charge in [0.1, 0.15) is 6.61 Å². The van der Waals surface area contributed by atoms with Crippen molar-refractivity contribution in [1.29, 1.82) is 0 Å². The fraction of sp³-hybridized carbons (Fsp3) is 0.273. The molecule has 2 amide bonds. The quantitative estimate of drug-likeness (QED) is 0.734. The Morgan fingerprint density at radius 1 is 1.50 bits per heavy atom. The summed E-state index contributed by atoms with van der Waals surface area (Å²) >= 11 is 0. The number of anilines is 2. The van der Waals surface area contributed by atoms with Crippen molar-refractivity contribution in [2.45, 2.75) is 6.92 Å². The lowest BCUT2D eigenvalue weighted by atomic mass is 10.2. The number of methoxy groups -OCH3 is 1. The summed E-state index contributed by atoms with van der Waals surface area (Å²) in [5.41, 5.74) is 2.27. The van der Waals surface area contributed by atoms with Crippen LogP contribution in [0, 0.1) is 6.92 Å². The van der Waals surface area contributed by atoms with E-state index >= 15 is 0 Å². The minimum Gasteiger partial charge on any atom is -0.375 e. The maximum Gasteiger partial charge on any atom is 0.250 e. The standard InChI is InChI=1S/C11H14N2O3/c1-8-5-9(12-7-14)3-4-10(8)13-11(15)6-16-2/h3-5,7H,6H2,1-2H3,(H,12,14)(H,13,15). The van der Waals surface area contributed by atoms with E-state index in [-0.39, 0.29) is 12.5 Å². The fourth-order valence-corrected chi connectivity index (χ4v) is 1.28. The van der Waals surface area contributed by atoms with Crippen LogP contribution in [-0.4, -0.2) is 26.0 Å². The predicted octanol–water partition coefficient (Wildman–Crippen LogP) is 1.15. The molecule has 5 heteroatoms. The molecule has 0 saturated heterocycles. The molecule has 86 valence electrons. The highest BCUT2D eigenvalue weighted by molar-refractivity contribution is 5.92. The maximum absolute atomic E-state index is 11.3. The lowest BCUT2D eigenvalue weighted by Crippen LogP contribution is -2.17. The summed E-state index contributed by atoms with van der Waals surface area (Å²) in [5, 5.41) is 5.24. The number of carbonyl (C=O) groups excluding carboxylic acids is 2. The number of benzene rings is 1. The van der Waals surface area contributed by atoms with E-state index in [1.165, 1.54) is 7.11 Å². The van der Waals surface area contributed by atoms with Crippen LogP contribution in [-0.2, 0) is 14.3 Å². The molecule has 16 heavy (non-hydrogen) atoms. The number of nitrogens with one attached hydrogen (secondary N) is 2. The summed E-state index contributed by atoms with van der Waals surface area (Å²) in [5.74, 6) is -0.207. The second-order valence-electron chi connectivity index (χ2n) is 3.27. The Kier molecular flexibility index (Phi) is 4.47. The smallest absolute Gasteiger partial charge is 0.250 e. The molecule has 1 rings (SSSR count). The molecule has 0 aliphatic carbocycles. The van der Waals surface area contributed by atoms with Gasteiger partial charge in [-0.1, -0.05) is 0 Å². The van der Waals surface area contributed by atoms with E-state index < -0.39 is 0 Å². The second-order valence-corrected chi connectivity index (χ2v) is 3.27. The molecule has 5 nitrogen and oxygen atoms in total. The van der Waals surface area contributed by atoms with E-state index in [2.05, 4.69) is 10.6 Å². The third-order valence-electron chi connectivity index (χ3n) is 2.00. The van der Waals surface area contributed by atoms with Crippen molar-refractivity contribution < 1.29 is 14.3 Å². The van der Waals surface area contributed by atoms with E-state index in [9.17, 15) is 9.59 Å². The molecule has 0 fully saturated rings. The highest BCUT2D eigenvalue weighted by Gasteiger charge is 2.04. The van der Waals surface area contributed by atoms with Crippen LogP contribution in [0.4, 0.5) is 11.4 Å². The van der Waals surface area contributed by atoms with Crippen LogP contribution in [0.15, 0.2) is 18.2 Å². The number of aryl methyl sites for hydroxylation is 1. The van der Waals surface area contributed by atoms with Gasteiger partial charge < -0.3 is 15.4 Å². The summed E-state index contributed by atoms with van der Waals surface area (Å²) in [7, 11) is 1.46. The summed E-state index contributed by atoms with van der Waals surface area (Å²) in [4.78, 5) is 21.5. The van der Waals surface area contributed by atoms with Gasteiger partial charge in [0.25, 0.3) is 0 Å². The molecule has 0 aliphatic heterocycles. The Morgan fingerprint density at radius 2 is 2.25 bits per heavy atom. The Bertz CT molecular complexity index is 391. The Labute approximate surface area is 93.8 Å². The van der Waals surface area contributed by atoms with Gasteiger partial charge in [0, 0.05) is 18.5 Å². The van der Waals surface area contributed by atoms with Crippen molar-refractivity contribution in [3.05, 3.63) is 23.8 Å². The third kappa shape index (κ3) is 3.36. The highest BCUT2D eigenvalue weighted by atomic mass is 16.5. The van der Waals surface area contributed by atoms with Gasteiger partial charge in [-0.2, -0.15) is 0 Å². The van der Waals surface area contributed by atoms with Crippen molar-refractivity contribution >= 4 is 23.7 Å². The predicted molar refractivity (Wildman–Crippen MR) is 61.4 cm³/mol. The first-order valence-electron chi connectivity index (χ1n) is 4.77. The molecule has 0 atom stereocenters. The molecule has 1 aromatic carbocycles. The minimum atomic E-state index is -0.207. The zero-order valence-electron chi connectivity index (χ0n) is 9.24. The lowest BCUT2D eigenvalue weighted by Gasteiger charge is -2.09. The SMILES string of the molecule is COCC(=O)Nc1ccc(NC=O)cc1C. The van der Waals surface area contributed by atoms with Crippen LogP contribution in [0.5, 0.6) is 0 Å².